The lowest BCUT2D eigenvalue weighted by Crippen LogP contribution is -2.27. The monoisotopic (exact) mass is 257 g/mol. The van der Waals surface area contributed by atoms with E-state index in [9.17, 15) is 10.1 Å². The van der Waals surface area contributed by atoms with Crippen molar-refractivity contribution in [2.45, 2.75) is 18.8 Å². The molecular formula is C14H15N3O2. The lowest BCUT2D eigenvalue weighted by atomic mass is 9.93. The fourth-order valence-electron chi connectivity index (χ4n) is 2.65. The highest BCUT2D eigenvalue weighted by atomic mass is 16.6. The molecule has 19 heavy (non-hydrogen) atoms. The van der Waals surface area contributed by atoms with Crippen molar-refractivity contribution in [1.82, 2.24) is 10.3 Å². The van der Waals surface area contributed by atoms with Gasteiger partial charge in [0.2, 0.25) is 0 Å². The Morgan fingerprint density at radius 3 is 2.74 bits per heavy atom. The SMILES string of the molecule is O=[N+]([O-])c1cc(C2CCNCC2)nc2ccccc12. The number of hydrogen-bond donors (Lipinski definition) is 1. The Morgan fingerprint density at radius 1 is 1.26 bits per heavy atom. The molecule has 0 amide bonds. The van der Waals surface area contributed by atoms with Crippen molar-refractivity contribution in [1.29, 1.82) is 0 Å². The van der Waals surface area contributed by atoms with Gasteiger partial charge in [-0.15, -0.1) is 0 Å². The molecular weight excluding hydrogens is 242 g/mol. The fourth-order valence-corrected chi connectivity index (χ4v) is 2.65. The Labute approximate surface area is 110 Å². The van der Waals surface area contributed by atoms with E-state index in [-0.39, 0.29) is 10.6 Å². The molecule has 1 aliphatic heterocycles. The first-order valence-corrected chi connectivity index (χ1v) is 6.50. The van der Waals surface area contributed by atoms with Crippen molar-refractivity contribution in [3.63, 3.8) is 0 Å². The van der Waals surface area contributed by atoms with Crippen LogP contribution in [0, 0.1) is 10.1 Å². The zero-order chi connectivity index (χ0) is 13.2. The zero-order valence-electron chi connectivity index (χ0n) is 10.5. The van der Waals surface area contributed by atoms with Gasteiger partial charge >= 0.3 is 0 Å². The summed E-state index contributed by atoms with van der Waals surface area (Å²) in [5, 5.41) is 15.1. The summed E-state index contributed by atoms with van der Waals surface area (Å²) in [6.45, 7) is 1.90. The van der Waals surface area contributed by atoms with E-state index in [4.69, 9.17) is 0 Å². The van der Waals surface area contributed by atoms with Crippen molar-refractivity contribution < 1.29 is 4.92 Å². The smallest absolute Gasteiger partial charge is 0.280 e. The molecule has 0 spiro atoms. The van der Waals surface area contributed by atoms with Crippen LogP contribution in [-0.2, 0) is 0 Å². The number of nitro groups is 1. The summed E-state index contributed by atoms with van der Waals surface area (Å²) in [6.07, 6.45) is 1.98. The van der Waals surface area contributed by atoms with Gasteiger partial charge in [0.1, 0.15) is 0 Å². The molecule has 1 aromatic carbocycles. The second-order valence-electron chi connectivity index (χ2n) is 4.86. The summed E-state index contributed by atoms with van der Waals surface area (Å²) in [7, 11) is 0. The molecule has 5 heteroatoms. The van der Waals surface area contributed by atoms with E-state index in [0.717, 1.165) is 31.6 Å². The van der Waals surface area contributed by atoms with Crippen LogP contribution in [0.5, 0.6) is 0 Å². The van der Waals surface area contributed by atoms with E-state index in [0.29, 0.717) is 16.8 Å². The van der Waals surface area contributed by atoms with Gasteiger partial charge in [-0.2, -0.15) is 0 Å². The van der Waals surface area contributed by atoms with Gasteiger partial charge in [-0.1, -0.05) is 12.1 Å². The topological polar surface area (TPSA) is 68.1 Å². The third-order valence-corrected chi connectivity index (χ3v) is 3.67. The highest BCUT2D eigenvalue weighted by Gasteiger charge is 2.21. The number of aromatic nitrogens is 1. The quantitative estimate of drug-likeness (QED) is 0.663. The molecule has 5 nitrogen and oxygen atoms in total. The van der Waals surface area contributed by atoms with Gasteiger partial charge in [-0.25, -0.2) is 0 Å². The number of benzene rings is 1. The first-order valence-electron chi connectivity index (χ1n) is 6.50. The molecule has 1 N–H and O–H groups in total. The first-order chi connectivity index (χ1) is 9.25. The molecule has 0 saturated carbocycles. The summed E-state index contributed by atoms with van der Waals surface area (Å²) >= 11 is 0. The minimum absolute atomic E-state index is 0.166. The minimum Gasteiger partial charge on any atom is -0.317 e. The fraction of sp³-hybridized carbons (Fsp3) is 0.357. The summed E-state index contributed by atoms with van der Waals surface area (Å²) in [5.74, 6) is 0.324. The Kier molecular flexibility index (Phi) is 3.13. The molecule has 0 radical (unpaired) electrons. The van der Waals surface area contributed by atoms with Crippen molar-refractivity contribution in [2.75, 3.05) is 13.1 Å². The number of fused-ring (bicyclic) bond motifs is 1. The maximum atomic E-state index is 11.2. The largest absolute Gasteiger partial charge is 0.317 e. The molecule has 1 fully saturated rings. The Balaban J connectivity index is 2.12. The summed E-state index contributed by atoms with van der Waals surface area (Å²) < 4.78 is 0. The average molecular weight is 257 g/mol. The molecule has 0 bridgehead atoms. The van der Waals surface area contributed by atoms with E-state index >= 15 is 0 Å². The second kappa shape index (κ2) is 4.93. The van der Waals surface area contributed by atoms with Crippen molar-refractivity contribution in [3.8, 4) is 0 Å². The van der Waals surface area contributed by atoms with Crippen LogP contribution in [0.3, 0.4) is 0 Å². The number of pyridine rings is 1. The van der Waals surface area contributed by atoms with Crippen LogP contribution in [0.25, 0.3) is 10.9 Å². The third-order valence-electron chi connectivity index (χ3n) is 3.67. The minimum atomic E-state index is -0.311. The van der Waals surface area contributed by atoms with Crippen molar-refractivity contribution in [2.24, 2.45) is 0 Å². The van der Waals surface area contributed by atoms with E-state index in [2.05, 4.69) is 10.3 Å². The first kappa shape index (κ1) is 12.0. The highest BCUT2D eigenvalue weighted by molar-refractivity contribution is 5.87. The lowest BCUT2D eigenvalue weighted by Gasteiger charge is -2.22. The Hall–Kier alpha value is -2.01. The lowest BCUT2D eigenvalue weighted by molar-refractivity contribution is -0.383. The normalized spacial score (nSPS) is 16.6. The van der Waals surface area contributed by atoms with Crippen LogP contribution < -0.4 is 5.32 Å². The van der Waals surface area contributed by atoms with Gasteiger partial charge in [0.15, 0.2) is 0 Å². The van der Waals surface area contributed by atoms with E-state index in [1.54, 1.807) is 18.2 Å². The number of nitrogens with one attached hydrogen (secondary N) is 1. The Morgan fingerprint density at radius 2 is 2.00 bits per heavy atom. The van der Waals surface area contributed by atoms with Gasteiger partial charge in [-0.3, -0.25) is 15.1 Å². The van der Waals surface area contributed by atoms with Gasteiger partial charge in [0.25, 0.3) is 5.69 Å². The highest BCUT2D eigenvalue weighted by Crippen LogP contribution is 2.31. The zero-order valence-corrected chi connectivity index (χ0v) is 10.5. The molecule has 98 valence electrons. The van der Waals surface area contributed by atoms with E-state index in [1.165, 1.54) is 0 Å². The molecule has 1 saturated heterocycles. The van der Waals surface area contributed by atoms with Gasteiger partial charge in [0, 0.05) is 12.0 Å². The summed E-state index contributed by atoms with van der Waals surface area (Å²) in [5.41, 5.74) is 1.73. The van der Waals surface area contributed by atoms with Crippen LogP contribution in [-0.4, -0.2) is 23.0 Å². The molecule has 1 aromatic heterocycles. The summed E-state index contributed by atoms with van der Waals surface area (Å²) in [4.78, 5) is 15.5. The molecule has 2 aromatic rings. The molecule has 0 atom stereocenters. The molecule has 0 unspecified atom stereocenters. The van der Waals surface area contributed by atoms with Crippen LogP contribution in [0.4, 0.5) is 5.69 Å². The summed E-state index contributed by atoms with van der Waals surface area (Å²) in [6, 6.07) is 8.92. The van der Waals surface area contributed by atoms with Crippen LogP contribution in [0.15, 0.2) is 30.3 Å². The number of rotatable bonds is 2. The third kappa shape index (κ3) is 2.29. The predicted octanol–water partition coefficient (Wildman–Crippen LogP) is 2.61. The van der Waals surface area contributed by atoms with Crippen LogP contribution >= 0.6 is 0 Å². The van der Waals surface area contributed by atoms with Crippen LogP contribution in [0.2, 0.25) is 0 Å². The molecule has 1 aliphatic rings. The van der Waals surface area contributed by atoms with Gasteiger partial charge in [-0.05, 0) is 38.1 Å². The predicted molar refractivity (Wildman–Crippen MR) is 73.2 cm³/mol. The van der Waals surface area contributed by atoms with Crippen molar-refractivity contribution >= 4 is 16.6 Å². The van der Waals surface area contributed by atoms with E-state index in [1.807, 2.05) is 12.1 Å². The molecule has 0 aliphatic carbocycles. The maximum Gasteiger partial charge on any atom is 0.280 e. The average Bonchev–Trinajstić information content (AvgIpc) is 2.47. The number of hydrogen-bond acceptors (Lipinski definition) is 4. The molecule has 2 heterocycles. The van der Waals surface area contributed by atoms with Gasteiger partial charge < -0.3 is 5.32 Å². The number of piperidine rings is 1. The maximum absolute atomic E-state index is 11.2. The standard InChI is InChI=1S/C14H15N3O2/c18-17(19)14-9-13(10-5-7-15-8-6-10)16-12-4-2-1-3-11(12)14/h1-4,9-10,15H,5-8H2. The number of nitrogens with zero attached hydrogens (tertiary/aromatic N) is 2. The second-order valence-corrected chi connectivity index (χ2v) is 4.86. The van der Waals surface area contributed by atoms with Crippen molar-refractivity contribution in [3.05, 3.63) is 46.1 Å². The van der Waals surface area contributed by atoms with Gasteiger partial charge in [0.05, 0.1) is 21.5 Å². The Bertz CT molecular complexity index is 621. The van der Waals surface area contributed by atoms with E-state index < -0.39 is 0 Å². The van der Waals surface area contributed by atoms with Crippen LogP contribution in [0.1, 0.15) is 24.5 Å². The molecule has 3 rings (SSSR count). The number of para-hydroxylation sites is 1.